The molecule has 102 valence electrons. The van der Waals surface area contributed by atoms with Gasteiger partial charge in [-0.15, -0.1) is 0 Å². The van der Waals surface area contributed by atoms with E-state index in [-0.39, 0.29) is 0 Å². The van der Waals surface area contributed by atoms with Crippen LogP contribution in [0.2, 0.25) is 0 Å². The smallest absolute Gasteiger partial charge is 0.322 e. The SMILES string of the molecule is CCCNC(CN(CC(C)C)C(C)C)C(=O)O. The van der Waals surface area contributed by atoms with E-state index in [4.69, 9.17) is 0 Å². The zero-order chi connectivity index (χ0) is 13.4. The van der Waals surface area contributed by atoms with Gasteiger partial charge >= 0.3 is 5.97 Å². The highest BCUT2D eigenvalue weighted by molar-refractivity contribution is 5.73. The van der Waals surface area contributed by atoms with Crippen molar-refractivity contribution in [1.29, 1.82) is 0 Å². The van der Waals surface area contributed by atoms with Crippen LogP contribution in [0.3, 0.4) is 0 Å². The Hall–Kier alpha value is -0.610. The van der Waals surface area contributed by atoms with Crippen molar-refractivity contribution in [2.45, 2.75) is 53.1 Å². The van der Waals surface area contributed by atoms with Gasteiger partial charge in [0.1, 0.15) is 6.04 Å². The Labute approximate surface area is 105 Å². The summed E-state index contributed by atoms with van der Waals surface area (Å²) in [6.07, 6.45) is 0.954. The van der Waals surface area contributed by atoms with E-state index in [2.05, 4.69) is 37.9 Å². The number of hydrogen-bond acceptors (Lipinski definition) is 3. The predicted molar refractivity (Wildman–Crippen MR) is 71.3 cm³/mol. The molecule has 1 atom stereocenters. The third kappa shape index (κ3) is 7.34. The van der Waals surface area contributed by atoms with Gasteiger partial charge in [-0.2, -0.15) is 0 Å². The van der Waals surface area contributed by atoms with E-state index in [1.54, 1.807) is 0 Å². The first-order valence-electron chi connectivity index (χ1n) is 6.58. The maximum absolute atomic E-state index is 11.2. The van der Waals surface area contributed by atoms with Crippen molar-refractivity contribution in [1.82, 2.24) is 10.2 Å². The van der Waals surface area contributed by atoms with Crippen LogP contribution in [0.1, 0.15) is 41.0 Å². The first kappa shape index (κ1) is 16.4. The number of carboxylic acids is 1. The molecule has 1 unspecified atom stereocenters. The van der Waals surface area contributed by atoms with Crippen LogP contribution in [0, 0.1) is 5.92 Å². The average molecular weight is 244 g/mol. The fraction of sp³-hybridized carbons (Fsp3) is 0.923. The molecule has 0 amide bonds. The lowest BCUT2D eigenvalue weighted by Crippen LogP contribution is -2.49. The molecule has 0 saturated carbocycles. The maximum atomic E-state index is 11.2. The van der Waals surface area contributed by atoms with Gasteiger partial charge < -0.3 is 10.4 Å². The highest BCUT2D eigenvalue weighted by Gasteiger charge is 2.22. The maximum Gasteiger partial charge on any atom is 0.322 e. The van der Waals surface area contributed by atoms with E-state index in [0.29, 0.717) is 18.5 Å². The Morgan fingerprint density at radius 3 is 2.18 bits per heavy atom. The Morgan fingerprint density at radius 2 is 1.82 bits per heavy atom. The third-order valence-electron chi connectivity index (χ3n) is 2.69. The Balaban J connectivity index is 4.39. The summed E-state index contributed by atoms with van der Waals surface area (Å²) in [5.41, 5.74) is 0. The molecule has 0 aliphatic carbocycles. The Morgan fingerprint density at radius 1 is 1.24 bits per heavy atom. The van der Waals surface area contributed by atoms with Crippen LogP contribution in [0.25, 0.3) is 0 Å². The second kappa shape index (κ2) is 8.48. The second-order valence-corrected chi connectivity index (χ2v) is 5.29. The fourth-order valence-corrected chi connectivity index (χ4v) is 1.75. The van der Waals surface area contributed by atoms with E-state index in [1.807, 2.05) is 6.92 Å². The van der Waals surface area contributed by atoms with Crippen LogP contribution in [0.4, 0.5) is 0 Å². The summed E-state index contributed by atoms with van der Waals surface area (Å²) in [5.74, 6) is -0.203. The number of hydrogen-bond donors (Lipinski definition) is 2. The van der Waals surface area contributed by atoms with Crippen molar-refractivity contribution >= 4 is 5.97 Å². The molecule has 0 aromatic rings. The summed E-state index contributed by atoms with van der Waals surface area (Å²) in [5, 5.41) is 12.3. The number of aliphatic carboxylic acids is 1. The molecule has 0 aromatic carbocycles. The van der Waals surface area contributed by atoms with E-state index < -0.39 is 12.0 Å². The summed E-state index contributed by atoms with van der Waals surface area (Å²) in [6.45, 7) is 12.8. The van der Waals surface area contributed by atoms with Crippen LogP contribution in [0.15, 0.2) is 0 Å². The summed E-state index contributed by atoms with van der Waals surface area (Å²) >= 11 is 0. The molecule has 0 rings (SSSR count). The number of carbonyl (C=O) groups is 1. The molecule has 4 heteroatoms. The van der Waals surface area contributed by atoms with Crippen molar-refractivity contribution in [2.75, 3.05) is 19.6 Å². The molecule has 0 fully saturated rings. The highest BCUT2D eigenvalue weighted by atomic mass is 16.4. The van der Waals surface area contributed by atoms with Gasteiger partial charge in [0.05, 0.1) is 0 Å². The molecule has 0 heterocycles. The lowest BCUT2D eigenvalue weighted by atomic mass is 10.1. The highest BCUT2D eigenvalue weighted by Crippen LogP contribution is 2.05. The number of nitrogens with zero attached hydrogens (tertiary/aromatic N) is 1. The van der Waals surface area contributed by atoms with Gasteiger partial charge in [-0.25, -0.2) is 0 Å². The largest absolute Gasteiger partial charge is 0.480 e. The van der Waals surface area contributed by atoms with Gasteiger partial charge in [0.2, 0.25) is 0 Å². The Kier molecular flexibility index (Phi) is 8.17. The van der Waals surface area contributed by atoms with Crippen LogP contribution in [-0.4, -0.2) is 47.7 Å². The molecular weight excluding hydrogens is 216 g/mol. The first-order valence-corrected chi connectivity index (χ1v) is 6.58. The summed E-state index contributed by atoms with van der Waals surface area (Å²) in [7, 11) is 0. The summed E-state index contributed by atoms with van der Waals surface area (Å²) in [4.78, 5) is 13.4. The molecule has 0 saturated heterocycles. The zero-order valence-electron chi connectivity index (χ0n) is 11.9. The topological polar surface area (TPSA) is 52.6 Å². The third-order valence-corrected chi connectivity index (χ3v) is 2.69. The van der Waals surface area contributed by atoms with E-state index in [0.717, 1.165) is 19.5 Å². The van der Waals surface area contributed by atoms with Crippen LogP contribution >= 0.6 is 0 Å². The van der Waals surface area contributed by atoms with Gasteiger partial charge in [0.15, 0.2) is 0 Å². The van der Waals surface area contributed by atoms with Crippen molar-refractivity contribution in [3.05, 3.63) is 0 Å². The van der Waals surface area contributed by atoms with Crippen molar-refractivity contribution in [3.8, 4) is 0 Å². The number of nitrogens with one attached hydrogen (secondary N) is 1. The molecule has 0 aliphatic rings. The molecule has 0 aromatic heterocycles. The van der Waals surface area contributed by atoms with Crippen LogP contribution < -0.4 is 5.32 Å². The quantitative estimate of drug-likeness (QED) is 0.649. The number of rotatable bonds is 9. The van der Waals surface area contributed by atoms with Gasteiger partial charge in [0, 0.05) is 19.1 Å². The molecule has 2 N–H and O–H groups in total. The monoisotopic (exact) mass is 244 g/mol. The van der Waals surface area contributed by atoms with Crippen LogP contribution in [-0.2, 0) is 4.79 Å². The minimum absolute atomic E-state index is 0.377. The lowest BCUT2D eigenvalue weighted by Gasteiger charge is -2.30. The van der Waals surface area contributed by atoms with Crippen molar-refractivity contribution < 1.29 is 9.90 Å². The zero-order valence-corrected chi connectivity index (χ0v) is 11.9. The second-order valence-electron chi connectivity index (χ2n) is 5.29. The van der Waals surface area contributed by atoms with Gasteiger partial charge in [0.25, 0.3) is 0 Å². The summed E-state index contributed by atoms with van der Waals surface area (Å²) < 4.78 is 0. The minimum atomic E-state index is -0.757. The number of carboxylic acid groups (broad SMARTS) is 1. The fourth-order valence-electron chi connectivity index (χ4n) is 1.75. The van der Waals surface area contributed by atoms with Crippen LogP contribution in [0.5, 0.6) is 0 Å². The van der Waals surface area contributed by atoms with Gasteiger partial charge in [-0.05, 0) is 32.7 Å². The summed E-state index contributed by atoms with van der Waals surface area (Å²) in [6, 6.07) is -0.0845. The predicted octanol–water partition coefficient (Wildman–Crippen LogP) is 1.81. The molecule has 0 spiro atoms. The van der Waals surface area contributed by atoms with E-state index in [1.165, 1.54) is 0 Å². The Bertz CT molecular complexity index is 217. The van der Waals surface area contributed by atoms with E-state index in [9.17, 15) is 9.90 Å². The standard InChI is InChI=1S/C13H28N2O2/c1-6-7-14-12(13(16)17)9-15(11(4)5)8-10(2)3/h10-12,14H,6-9H2,1-5H3,(H,16,17). The molecule has 0 aliphatic heterocycles. The molecular formula is C13H28N2O2. The molecule has 0 radical (unpaired) electrons. The minimum Gasteiger partial charge on any atom is -0.480 e. The van der Waals surface area contributed by atoms with E-state index >= 15 is 0 Å². The lowest BCUT2D eigenvalue weighted by molar-refractivity contribution is -0.140. The molecule has 4 nitrogen and oxygen atoms in total. The average Bonchev–Trinajstić information content (AvgIpc) is 2.21. The van der Waals surface area contributed by atoms with Gasteiger partial charge in [-0.3, -0.25) is 9.69 Å². The first-order chi connectivity index (χ1) is 7.88. The molecule has 0 bridgehead atoms. The van der Waals surface area contributed by atoms with Crippen molar-refractivity contribution in [2.24, 2.45) is 5.92 Å². The normalized spacial score (nSPS) is 13.6. The van der Waals surface area contributed by atoms with Crippen molar-refractivity contribution in [3.63, 3.8) is 0 Å². The molecule has 17 heavy (non-hydrogen) atoms. The van der Waals surface area contributed by atoms with Gasteiger partial charge in [-0.1, -0.05) is 20.8 Å².